The number of esters is 1. The molecular weight excluding hydrogens is 352 g/mol. The lowest BCUT2D eigenvalue weighted by Gasteiger charge is -2.15. The molecule has 0 aliphatic rings. The maximum absolute atomic E-state index is 12.0. The van der Waals surface area contributed by atoms with Crippen LogP contribution in [0.1, 0.15) is 35.3 Å². The number of methoxy groups -OCH3 is 1. The number of anilines is 4. The lowest BCUT2D eigenvalue weighted by Crippen LogP contribution is -2.07. The van der Waals surface area contributed by atoms with Crippen LogP contribution in [-0.4, -0.2) is 23.0 Å². The van der Waals surface area contributed by atoms with Crippen LogP contribution in [0, 0.1) is 0 Å². The van der Waals surface area contributed by atoms with Crippen LogP contribution in [-0.2, 0) is 17.6 Å². The van der Waals surface area contributed by atoms with Gasteiger partial charge in [0.1, 0.15) is 5.82 Å². The molecule has 0 amide bonds. The normalized spacial score (nSPS) is 10.4. The summed E-state index contributed by atoms with van der Waals surface area (Å²) in [6.45, 7) is 4.26. The van der Waals surface area contributed by atoms with Gasteiger partial charge in [0, 0.05) is 11.9 Å². The molecule has 6 heteroatoms. The van der Waals surface area contributed by atoms with Crippen LogP contribution in [0.2, 0.25) is 0 Å². The van der Waals surface area contributed by atoms with Crippen LogP contribution in [0.5, 0.6) is 0 Å². The highest BCUT2D eigenvalue weighted by Crippen LogP contribution is 2.26. The summed E-state index contributed by atoms with van der Waals surface area (Å²) in [5, 5.41) is 6.54. The second-order valence-electron chi connectivity index (χ2n) is 6.21. The van der Waals surface area contributed by atoms with Gasteiger partial charge in [-0.3, -0.25) is 0 Å². The fourth-order valence-electron chi connectivity index (χ4n) is 3.02. The van der Waals surface area contributed by atoms with Crippen LogP contribution >= 0.6 is 0 Å². The van der Waals surface area contributed by atoms with Crippen molar-refractivity contribution >= 4 is 29.1 Å². The quantitative estimate of drug-likeness (QED) is 0.573. The first-order chi connectivity index (χ1) is 13.7. The van der Waals surface area contributed by atoms with E-state index in [-0.39, 0.29) is 0 Å². The Labute approximate surface area is 165 Å². The van der Waals surface area contributed by atoms with Gasteiger partial charge in [-0.15, -0.1) is 0 Å². The van der Waals surface area contributed by atoms with E-state index in [0.29, 0.717) is 23.0 Å². The minimum Gasteiger partial charge on any atom is -0.465 e. The van der Waals surface area contributed by atoms with Crippen LogP contribution in [0.25, 0.3) is 0 Å². The average molecular weight is 376 g/mol. The predicted molar refractivity (Wildman–Crippen MR) is 112 cm³/mol. The van der Waals surface area contributed by atoms with Crippen LogP contribution in [0.4, 0.5) is 23.1 Å². The molecule has 2 aromatic carbocycles. The Hall–Kier alpha value is -3.41. The first kappa shape index (κ1) is 19.4. The monoisotopic (exact) mass is 376 g/mol. The van der Waals surface area contributed by atoms with E-state index in [1.54, 1.807) is 24.4 Å². The summed E-state index contributed by atoms with van der Waals surface area (Å²) in [4.78, 5) is 20.9. The number of carbonyl (C=O) groups excluding carboxylic acids is 1. The van der Waals surface area contributed by atoms with Crippen molar-refractivity contribution in [3.63, 3.8) is 0 Å². The highest BCUT2D eigenvalue weighted by molar-refractivity contribution is 5.96. The van der Waals surface area contributed by atoms with Gasteiger partial charge in [-0.2, -0.15) is 4.98 Å². The van der Waals surface area contributed by atoms with Crippen molar-refractivity contribution in [1.29, 1.82) is 0 Å². The largest absolute Gasteiger partial charge is 0.465 e. The van der Waals surface area contributed by atoms with Gasteiger partial charge in [0.2, 0.25) is 5.95 Å². The van der Waals surface area contributed by atoms with Crippen molar-refractivity contribution in [1.82, 2.24) is 9.97 Å². The smallest absolute Gasteiger partial charge is 0.339 e. The molecule has 0 unspecified atom stereocenters. The summed E-state index contributed by atoms with van der Waals surface area (Å²) < 4.78 is 4.84. The number of hydrogen-bond acceptors (Lipinski definition) is 6. The van der Waals surface area contributed by atoms with Crippen LogP contribution in [0.3, 0.4) is 0 Å². The number of aryl methyl sites for hydroxylation is 2. The number of nitrogens with one attached hydrogen (secondary N) is 2. The summed E-state index contributed by atoms with van der Waals surface area (Å²) in [6.07, 6.45) is 3.51. The maximum atomic E-state index is 12.0. The van der Waals surface area contributed by atoms with Crippen molar-refractivity contribution in [3.05, 3.63) is 71.4 Å². The second kappa shape index (κ2) is 8.99. The minimum atomic E-state index is -0.403. The van der Waals surface area contributed by atoms with Gasteiger partial charge < -0.3 is 15.4 Å². The highest BCUT2D eigenvalue weighted by Gasteiger charge is 2.12. The molecule has 3 aromatic rings. The molecule has 3 rings (SSSR count). The van der Waals surface area contributed by atoms with Gasteiger partial charge in [-0.25, -0.2) is 9.78 Å². The lowest BCUT2D eigenvalue weighted by molar-refractivity contribution is 0.0602. The highest BCUT2D eigenvalue weighted by atomic mass is 16.5. The van der Waals surface area contributed by atoms with E-state index in [1.807, 2.05) is 12.1 Å². The van der Waals surface area contributed by atoms with E-state index in [2.05, 4.69) is 52.6 Å². The van der Waals surface area contributed by atoms with E-state index >= 15 is 0 Å². The number of benzene rings is 2. The van der Waals surface area contributed by atoms with E-state index < -0.39 is 5.97 Å². The standard InChI is InChI=1S/C22H24N4O2/c1-4-15-9-8-10-16(5-2)20(15)26-22-23-14-13-19(25-22)24-18-12-7-6-11-17(18)21(27)28-3/h6-14H,4-5H2,1-3H3,(H2,23,24,25,26). The minimum absolute atomic E-state index is 0.403. The molecule has 144 valence electrons. The summed E-state index contributed by atoms with van der Waals surface area (Å²) in [7, 11) is 1.36. The predicted octanol–water partition coefficient (Wildman–Crippen LogP) is 4.88. The number of nitrogens with zero attached hydrogens (tertiary/aromatic N) is 2. The van der Waals surface area contributed by atoms with E-state index in [4.69, 9.17) is 4.74 Å². The number of ether oxygens (including phenoxy) is 1. The Morgan fingerprint density at radius 1 is 0.964 bits per heavy atom. The molecule has 0 aliphatic carbocycles. The Morgan fingerprint density at radius 2 is 1.68 bits per heavy atom. The van der Waals surface area contributed by atoms with Gasteiger partial charge in [-0.1, -0.05) is 44.2 Å². The fraction of sp³-hybridized carbons (Fsp3) is 0.227. The topological polar surface area (TPSA) is 76.1 Å². The van der Waals surface area contributed by atoms with Crippen molar-refractivity contribution in [2.45, 2.75) is 26.7 Å². The molecule has 1 aromatic heterocycles. The molecule has 0 spiro atoms. The van der Waals surface area contributed by atoms with Crippen LogP contribution in [0.15, 0.2) is 54.7 Å². The molecule has 0 aliphatic heterocycles. The Balaban J connectivity index is 1.88. The zero-order valence-corrected chi connectivity index (χ0v) is 16.3. The third kappa shape index (κ3) is 4.28. The zero-order valence-electron chi connectivity index (χ0n) is 16.3. The Morgan fingerprint density at radius 3 is 2.36 bits per heavy atom. The van der Waals surface area contributed by atoms with Crippen molar-refractivity contribution in [2.75, 3.05) is 17.7 Å². The van der Waals surface area contributed by atoms with Crippen LogP contribution < -0.4 is 10.6 Å². The van der Waals surface area contributed by atoms with Gasteiger partial charge in [0.05, 0.1) is 18.4 Å². The molecule has 0 fully saturated rings. The number of carbonyl (C=O) groups is 1. The number of para-hydroxylation sites is 2. The summed E-state index contributed by atoms with van der Waals surface area (Å²) in [6, 6.07) is 15.2. The third-order valence-corrected chi connectivity index (χ3v) is 4.49. The van der Waals surface area contributed by atoms with E-state index in [0.717, 1.165) is 18.5 Å². The first-order valence-corrected chi connectivity index (χ1v) is 9.31. The maximum Gasteiger partial charge on any atom is 0.339 e. The first-order valence-electron chi connectivity index (χ1n) is 9.31. The Kier molecular flexibility index (Phi) is 6.22. The van der Waals surface area contributed by atoms with Gasteiger partial charge in [0.15, 0.2) is 0 Å². The van der Waals surface area contributed by atoms with Crippen molar-refractivity contribution < 1.29 is 9.53 Å². The second-order valence-corrected chi connectivity index (χ2v) is 6.21. The lowest BCUT2D eigenvalue weighted by atomic mass is 10.0. The molecular formula is C22H24N4O2. The summed E-state index contributed by atoms with van der Waals surface area (Å²) in [5.74, 6) is 0.678. The van der Waals surface area contributed by atoms with Crippen molar-refractivity contribution in [3.8, 4) is 0 Å². The number of rotatable bonds is 7. The molecule has 0 atom stereocenters. The summed E-state index contributed by atoms with van der Waals surface area (Å²) >= 11 is 0. The molecule has 2 N–H and O–H groups in total. The average Bonchev–Trinajstić information content (AvgIpc) is 2.74. The van der Waals surface area contributed by atoms with Gasteiger partial charge in [-0.05, 0) is 42.2 Å². The van der Waals surface area contributed by atoms with Gasteiger partial charge >= 0.3 is 5.97 Å². The summed E-state index contributed by atoms with van der Waals surface area (Å²) in [5.41, 5.74) is 4.57. The van der Waals surface area contributed by atoms with Gasteiger partial charge in [0.25, 0.3) is 0 Å². The third-order valence-electron chi connectivity index (χ3n) is 4.49. The number of aromatic nitrogens is 2. The molecule has 6 nitrogen and oxygen atoms in total. The molecule has 28 heavy (non-hydrogen) atoms. The van der Waals surface area contributed by atoms with E-state index in [1.165, 1.54) is 18.2 Å². The molecule has 1 heterocycles. The molecule has 0 saturated carbocycles. The van der Waals surface area contributed by atoms with E-state index in [9.17, 15) is 4.79 Å². The Bertz CT molecular complexity index is 950. The number of hydrogen-bond donors (Lipinski definition) is 2. The van der Waals surface area contributed by atoms with Crippen molar-refractivity contribution in [2.24, 2.45) is 0 Å². The molecule has 0 saturated heterocycles. The SMILES string of the molecule is CCc1cccc(CC)c1Nc1nccc(Nc2ccccc2C(=O)OC)n1. The fourth-order valence-corrected chi connectivity index (χ4v) is 3.02. The zero-order chi connectivity index (χ0) is 19.9. The molecule has 0 radical (unpaired) electrons. The molecule has 0 bridgehead atoms.